The van der Waals surface area contributed by atoms with Gasteiger partial charge in [0, 0.05) is 19.3 Å². The SMILES string of the molecule is CC/C=C\C/C=C\C/C=C\C/C=C\CCCCC(=O)OC[C@H](COC(=O)CCCCCCC/C=C\CCCCCC)OC(=O)CCC/C=C\C/C=C\C/C=C\CCCCCCCC. The molecule has 0 bridgehead atoms. The molecule has 0 amide bonds. The number of rotatable bonds is 45. The minimum Gasteiger partial charge on any atom is -0.462 e. The van der Waals surface area contributed by atoms with Gasteiger partial charge in [-0.05, 0) is 116 Å². The van der Waals surface area contributed by atoms with Crippen molar-refractivity contribution in [2.75, 3.05) is 13.2 Å². The molecular weight excluding hydrogens is 781 g/mol. The van der Waals surface area contributed by atoms with Crippen LogP contribution in [0.2, 0.25) is 0 Å². The third kappa shape index (κ3) is 49.2. The Morgan fingerprint density at radius 1 is 0.333 bits per heavy atom. The van der Waals surface area contributed by atoms with E-state index in [0.717, 1.165) is 89.9 Å². The lowest BCUT2D eigenvalue weighted by Crippen LogP contribution is -2.30. The molecule has 6 nitrogen and oxygen atoms in total. The first-order valence-corrected chi connectivity index (χ1v) is 25.7. The lowest BCUT2D eigenvalue weighted by atomic mass is 10.1. The fourth-order valence-corrected chi connectivity index (χ4v) is 6.68. The Hall–Kier alpha value is -3.67. The van der Waals surface area contributed by atoms with E-state index in [-0.39, 0.29) is 37.5 Å². The van der Waals surface area contributed by atoms with Crippen molar-refractivity contribution in [2.45, 2.75) is 232 Å². The molecule has 1 atom stereocenters. The maximum Gasteiger partial charge on any atom is 0.306 e. The summed E-state index contributed by atoms with van der Waals surface area (Å²) in [5.41, 5.74) is 0. The topological polar surface area (TPSA) is 78.9 Å². The molecule has 0 aliphatic heterocycles. The molecule has 0 N–H and O–H groups in total. The molecule has 0 radical (unpaired) electrons. The van der Waals surface area contributed by atoms with Crippen molar-refractivity contribution in [3.63, 3.8) is 0 Å². The van der Waals surface area contributed by atoms with Crippen LogP contribution in [0.15, 0.2) is 97.2 Å². The number of allylic oxidation sites excluding steroid dienone is 16. The molecule has 0 aromatic heterocycles. The Labute approximate surface area is 387 Å². The highest BCUT2D eigenvalue weighted by Crippen LogP contribution is 2.12. The number of unbranched alkanes of at least 4 members (excludes halogenated alkanes) is 18. The first-order chi connectivity index (χ1) is 31.0. The highest BCUT2D eigenvalue weighted by Gasteiger charge is 2.19. The van der Waals surface area contributed by atoms with Gasteiger partial charge in [0.05, 0.1) is 0 Å². The van der Waals surface area contributed by atoms with Crippen LogP contribution in [0.3, 0.4) is 0 Å². The maximum absolute atomic E-state index is 12.8. The van der Waals surface area contributed by atoms with E-state index in [4.69, 9.17) is 14.2 Å². The molecule has 0 saturated carbocycles. The summed E-state index contributed by atoms with van der Waals surface area (Å²) < 4.78 is 16.7. The summed E-state index contributed by atoms with van der Waals surface area (Å²) in [5.74, 6) is -1.02. The van der Waals surface area contributed by atoms with Gasteiger partial charge >= 0.3 is 17.9 Å². The van der Waals surface area contributed by atoms with E-state index in [0.29, 0.717) is 25.7 Å². The molecular formula is C57H94O6. The minimum absolute atomic E-state index is 0.116. The van der Waals surface area contributed by atoms with Gasteiger partial charge in [0.25, 0.3) is 0 Å². The molecule has 358 valence electrons. The van der Waals surface area contributed by atoms with Gasteiger partial charge in [-0.15, -0.1) is 0 Å². The van der Waals surface area contributed by atoms with E-state index in [1.54, 1.807) is 0 Å². The second kappa shape index (κ2) is 51.0. The Balaban J connectivity index is 4.56. The fraction of sp³-hybridized carbons (Fsp3) is 0.667. The molecule has 63 heavy (non-hydrogen) atoms. The summed E-state index contributed by atoms with van der Waals surface area (Å²) >= 11 is 0. The van der Waals surface area contributed by atoms with Gasteiger partial charge in [0.1, 0.15) is 13.2 Å². The summed E-state index contributed by atoms with van der Waals surface area (Å²) in [6.45, 7) is 6.40. The molecule has 0 aliphatic carbocycles. The van der Waals surface area contributed by atoms with Crippen LogP contribution in [0.4, 0.5) is 0 Å². The summed E-state index contributed by atoms with van der Waals surface area (Å²) in [5, 5.41) is 0. The largest absolute Gasteiger partial charge is 0.462 e. The Morgan fingerprint density at radius 2 is 0.635 bits per heavy atom. The van der Waals surface area contributed by atoms with Gasteiger partial charge in [-0.25, -0.2) is 0 Å². The summed E-state index contributed by atoms with van der Waals surface area (Å²) in [6, 6.07) is 0. The summed E-state index contributed by atoms with van der Waals surface area (Å²) in [4.78, 5) is 37.9. The molecule has 0 spiro atoms. The van der Waals surface area contributed by atoms with Crippen LogP contribution in [0.25, 0.3) is 0 Å². The predicted octanol–water partition coefficient (Wildman–Crippen LogP) is 17.0. The molecule has 0 fully saturated rings. The monoisotopic (exact) mass is 875 g/mol. The van der Waals surface area contributed by atoms with Crippen molar-refractivity contribution >= 4 is 17.9 Å². The normalized spacial score (nSPS) is 12.9. The van der Waals surface area contributed by atoms with Crippen molar-refractivity contribution in [3.05, 3.63) is 97.2 Å². The first kappa shape index (κ1) is 59.3. The van der Waals surface area contributed by atoms with Crippen LogP contribution in [-0.4, -0.2) is 37.2 Å². The predicted molar refractivity (Wildman–Crippen MR) is 270 cm³/mol. The van der Waals surface area contributed by atoms with Gasteiger partial charge in [-0.3, -0.25) is 14.4 Å². The summed E-state index contributed by atoms with van der Waals surface area (Å²) in [6.07, 6.45) is 66.8. The van der Waals surface area contributed by atoms with Crippen molar-refractivity contribution in [1.29, 1.82) is 0 Å². The van der Waals surface area contributed by atoms with Crippen LogP contribution in [0.5, 0.6) is 0 Å². The molecule has 0 heterocycles. The van der Waals surface area contributed by atoms with E-state index < -0.39 is 6.10 Å². The van der Waals surface area contributed by atoms with Crippen molar-refractivity contribution < 1.29 is 28.6 Å². The second-order valence-electron chi connectivity index (χ2n) is 16.7. The smallest absolute Gasteiger partial charge is 0.306 e. The molecule has 0 aromatic carbocycles. The summed E-state index contributed by atoms with van der Waals surface area (Å²) in [7, 11) is 0. The Morgan fingerprint density at radius 3 is 1.08 bits per heavy atom. The molecule has 0 aliphatic rings. The quantitative estimate of drug-likeness (QED) is 0.0262. The van der Waals surface area contributed by atoms with Crippen LogP contribution >= 0.6 is 0 Å². The number of hydrogen-bond donors (Lipinski definition) is 0. The number of esters is 3. The van der Waals surface area contributed by atoms with Crippen molar-refractivity contribution in [3.8, 4) is 0 Å². The third-order valence-corrected chi connectivity index (χ3v) is 10.5. The molecule has 0 unspecified atom stereocenters. The highest BCUT2D eigenvalue weighted by molar-refractivity contribution is 5.71. The highest BCUT2D eigenvalue weighted by atomic mass is 16.6. The lowest BCUT2D eigenvalue weighted by molar-refractivity contribution is -0.167. The maximum atomic E-state index is 12.8. The minimum atomic E-state index is -0.824. The molecule has 0 rings (SSSR count). The lowest BCUT2D eigenvalue weighted by Gasteiger charge is -2.18. The standard InChI is InChI=1S/C57H94O6/c1-4-7-10-13-16-19-22-25-27-28-30-33-36-39-42-45-48-51-57(60)63-54(52-61-55(58)49-46-43-40-37-34-31-24-21-18-15-12-9-6-3)53-62-56(59)50-47-44-41-38-35-32-29-26-23-20-17-14-11-8-5-2/h8,11,17,20-21,24-27,29-30,33,35,38-39,42,54H,4-7,9-10,12-16,18-19,22-23,28,31-32,34,36-37,40-41,43-53H2,1-3H3/b11-8-,20-17-,24-21-,27-25-,29-26-,33-30-,38-35-,42-39-/t54-/m0/s1. The van der Waals surface area contributed by atoms with Crippen LogP contribution < -0.4 is 0 Å². The number of carbonyl (C=O) groups excluding carboxylic acids is 3. The molecule has 0 aromatic rings. The van der Waals surface area contributed by atoms with Gasteiger partial charge in [-0.1, -0.05) is 189 Å². The zero-order chi connectivity index (χ0) is 45.8. The van der Waals surface area contributed by atoms with E-state index in [2.05, 4.69) is 118 Å². The number of ether oxygens (including phenoxy) is 3. The molecule has 6 heteroatoms. The van der Waals surface area contributed by atoms with Gasteiger partial charge in [-0.2, -0.15) is 0 Å². The first-order valence-electron chi connectivity index (χ1n) is 25.7. The average molecular weight is 875 g/mol. The van der Waals surface area contributed by atoms with E-state index >= 15 is 0 Å². The Kier molecular flexibility index (Phi) is 48.0. The Bertz CT molecular complexity index is 1280. The number of hydrogen-bond acceptors (Lipinski definition) is 6. The van der Waals surface area contributed by atoms with Crippen molar-refractivity contribution in [2.24, 2.45) is 0 Å². The van der Waals surface area contributed by atoms with Crippen molar-refractivity contribution in [1.82, 2.24) is 0 Å². The van der Waals surface area contributed by atoms with E-state index in [1.807, 2.05) is 0 Å². The van der Waals surface area contributed by atoms with Crippen LogP contribution in [0, 0.1) is 0 Å². The average Bonchev–Trinajstić information content (AvgIpc) is 3.28. The van der Waals surface area contributed by atoms with Gasteiger partial charge in [0.15, 0.2) is 6.10 Å². The molecule has 0 saturated heterocycles. The van der Waals surface area contributed by atoms with Crippen LogP contribution in [0.1, 0.15) is 226 Å². The second-order valence-corrected chi connectivity index (χ2v) is 16.7. The number of carbonyl (C=O) groups is 3. The van der Waals surface area contributed by atoms with E-state index in [9.17, 15) is 14.4 Å². The zero-order valence-corrected chi connectivity index (χ0v) is 40.8. The van der Waals surface area contributed by atoms with E-state index in [1.165, 1.54) is 83.5 Å². The third-order valence-electron chi connectivity index (χ3n) is 10.5. The van der Waals surface area contributed by atoms with Gasteiger partial charge < -0.3 is 14.2 Å². The fourth-order valence-electron chi connectivity index (χ4n) is 6.68. The van der Waals surface area contributed by atoms with Crippen LogP contribution in [-0.2, 0) is 28.6 Å². The van der Waals surface area contributed by atoms with Gasteiger partial charge in [0.2, 0.25) is 0 Å². The zero-order valence-electron chi connectivity index (χ0n) is 40.8.